The third kappa shape index (κ3) is 3.40. The molecule has 0 aliphatic carbocycles. The Hall–Kier alpha value is -1.91. The van der Waals surface area contributed by atoms with Crippen LogP contribution in [0.4, 0.5) is 0 Å². The molecule has 1 aliphatic rings. The molecule has 114 valence electrons. The molecule has 0 aromatic carbocycles. The van der Waals surface area contributed by atoms with Crippen LogP contribution in [0.1, 0.15) is 37.6 Å². The van der Waals surface area contributed by atoms with E-state index < -0.39 is 0 Å². The van der Waals surface area contributed by atoms with Crippen molar-refractivity contribution in [2.24, 2.45) is 11.8 Å². The van der Waals surface area contributed by atoms with Crippen LogP contribution in [0.25, 0.3) is 0 Å². The van der Waals surface area contributed by atoms with Gasteiger partial charge in [0.1, 0.15) is 0 Å². The van der Waals surface area contributed by atoms with E-state index in [1.165, 1.54) is 0 Å². The van der Waals surface area contributed by atoms with E-state index in [0.29, 0.717) is 13.0 Å². The van der Waals surface area contributed by atoms with Crippen molar-refractivity contribution in [3.05, 3.63) is 29.6 Å². The lowest BCUT2D eigenvalue weighted by atomic mass is 9.96. The first-order valence-electron chi connectivity index (χ1n) is 7.36. The highest BCUT2D eigenvalue weighted by Crippen LogP contribution is 2.24. The summed E-state index contributed by atoms with van der Waals surface area (Å²) in [7, 11) is 1.73. The molecule has 1 aliphatic heterocycles. The molecule has 2 amide bonds. The maximum Gasteiger partial charge on any atom is 0.225 e. The van der Waals surface area contributed by atoms with Gasteiger partial charge in [-0.2, -0.15) is 0 Å². The van der Waals surface area contributed by atoms with Crippen molar-refractivity contribution in [3.8, 4) is 0 Å². The van der Waals surface area contributed by atoms with Crippen LogP contribution in [0.3, 0.4) is 0 Å². The molecular formula is C16H23N3O2. The number of rotatable bonds is 4. The maximum atomic E-state index is 12.4. The predicted octanol–water partition coefficient (Wildman–Crippen LogP) is 1.68. The third-order valence-electron chi connectivity index (χ3n) is 4.02. The summed E-state index contributed by atoms with van der Waals surface area (Å²) in [5.74, 6) is -0.0492. The van der Waals surface area contributed by atoms with Crippen LogP contribution in [0.15, 0.2) is 18.3 Å². The fourth-order valence-corrected chi connectivity index (χ4v) is 2.68. The molecule has 0 bridgehead atoms. The standard InChI is InChI=1S/C16H23N3O2/c1-10(2)14(15-11(3)6-5-7-17-15)18-16(21)12-8-13(20)19(4)9-12/h5-7,10,12,14H,8-9H2,1-4H3,(H,18,21)/t12-,14-/m0/s1. The van der Waals surface area contributed by atoms with Crippen molar-refractivity contribution in [2.45, 2.75) is 33.2 Å². The van der Waals surface area contributed by atoms with Crippen molar-refractivity contribution in [1.82, 2.24) is 15.2 Å². The van der Waals surface area contributed by atoms with Gasteiger partial charge in [0.25, 0.3) is 0 Å². The van der Waals surface area contributed by atoms with Crippen molar-refractivity contribution in [2.75, 3.05) is 13.6 Å². The number of likely N-dealkylation sites (tertiary alicyclic amines) is 1. The van der Waals surface area contributed by atoms with Crippen molar-refractivity contribution in [3.63, 3.8) is 0 Å². The molecule has 0 spiro atoms. The molecule has 1 fully saturated rings. The average Bonchev–Trinajstić information content (AvgIpc) is 2.76. The van der Waals surface area contributed by atoms with E-state index in [2.05, 4.69) is 24.1 Å². The van der Waals surface area contributed by atoms with Crippen LogP contribution in [-0.4, -0.2) is 35.3 Å². The quantitative estimate of drug-likeness (QED) is 0.917. The molecule has 2 heterocycles. The summed E-state index contributed by atoms with van der Waals surface area (Å²) >= 11 is 0. The van der Waals surface area contributed by atoms with E-state index in [0.717, 1.165) is 11.3 Å². The van der Waals surface area contributed by atoms with Crippen LogP contribution in [0.2, 0.25) is 0 Å². The minimum absolute atomic E-state index is 0.0327. The number of nitrogens with zero attached hydrogens (tertiary/aromatic N) is 2. The van der Waals surface area contributed by atoms with E-state index in [1.807, 2.05) is 19.1 Å². The molecule has 0 unspecified atom stereocenters. The smallest absolute Gasteiger partial charge is 0.225 e. The zero-order valence-electron chi connectivity index (χ0n) is 13.1. The lowest BCUT2D eigenvalue weighted by Gasteiger charge is -2.24. The van der Waals surface area contributed by atoms with Gasteiger partial charge in [0, 0.05) is 26.2 Å². The minimum atomic E-state index is -0.257. The SMILES string of the molecule is Cc1cccnc1[C@@H](NC(=O)[C@H]1CC(=O)N(C)C1)C(C)C. The fourth-order valence-electron chi connectivity index (χ4n) is 2.68. The topological polar surface area (TPSA) is 62.3 Å². The summed E-state index contributed by atoms with van der Waals surface area (Å²) < 4.78 is 0. The summed E-state index contributed by atoms with van der Waals surface area (Å²) in [6.45, 7) is 6.61. The first kappa shape index (κ1) is 15.5. The predicted molar refractivity (Wildman–Crippen MR) is 80.4 cm³/mol. The molecule has 1 N–H and O–H groups in total. The second-order valence-corrected chi connectivity index (χ2v) is 6.11. The molecule has 2 rings (SSSR count). The highest BCUT2D eigenvalue weighted by Gasteiger charge is 2.34. The van der Waals surface area contributed by atoms with Crippen LogP contribution >= 0.6 is 0 Å². The Morgan fingerprint density at radius 3 is 2.71 bits per heavy atom. The van der Waals surface area contributed by atoms with Crippen molar-refractivity contribution in [1.29, 1.82) is 0 Å². The number of hydrogen-bond acceptors (Lipinski definition) is 3. The Bertz CT molecular complexity index is 542. The zero-order valence-corrected chi connectivity index (χ0v) is 13.1. The van der Waals surface area contributed by atoms with Gasteiger partial charge in [0.15, 0.2) is 0 Å². The highest BCUT2D eigenvalue weighted by molar-refractivity contribution is 5.89. The number of carbonyl (C=O) groups is 2. The Labute approximate surface area is 125 Å². The maximum absolute atomic E-state index is 12.4. The summed E-state index contributed by atoms with van der Waals surface area (Å²) in [5, 5.41) is 3.08. The Kier molecular flexibility index (Phi) is 4.60. The van der Waals surface area contributed by atoms with Gasteiger partial charge >= 0.3 is 0 Å². The van der Waals surface area contributed by atoms with Gasteiger partial charge in [-0.3, -0.25) is 14.6 Å². The van der Waals surface area contributed by atoms with Gasteiger partial charge in [-0.1, -0.05) is 19.9 Å². The number of pyridine rings is 1. The first-order valence-corrected chi connectivity index (χ1v) is 7.36. The van der Waals surface area contributed by atoms with E-state index >= 15 is 0 Å². The van der Waals surface area contributed by atoms with Crippen LogP contribution in [0, 0.1) is 18.8 Å². The highest BCUT2D eigenvalue weighted by atomic mass is 16.2. The summed E-state index contributed by atoms with van der Waals surface area (Å²) in [5.41, 5.74) is 1.97. The van der Waals surface area contributed by atoms with E-state index in [1.54, 1.807) is 18.1 Å². The molecule has 21 heavy (non-hydrogen) atoms. The molecule has 1 aromatic heterocycles. The number of aromatic nitrogens is 1. The Morgan fingerprint density at radius 2 is 2.19 bits per heavy atom. The Balaban J connectivity index is 2.13. The minimum Gasteiger partial charge on any atom is -0.347 e. The number of carbonyl (C=O) groups excluding carboxylic acids is 2. The molecule has 0 radical (unpaired) electrons. The van der Waals surface area contributed by atoms with E-state index in [4.69, 9.17) is 0 Å². The van der Waals surface area contributed by atoms with Crippen LogP contribution in [-0.2, 0) is 9.59 Å². The number of amides is 2. The van der Waals surface area contributed by atoms with Crippen LogP contribution in [0.5, 0.6) is 0 Å². The fraction of sp³-hybridized carbons (Fsp3) is 0.562. The molecule has 0 saturated carbocycles. The summed E-state index contributed by atoms with van der Waals surface area (Å²) in [6.07, 6.45) is 2.05. The molecular weight excluding hydrogens is 266 g/mol. The first-order chi connectivity index (χ1) is 9.90. The lowest BCUT2D eigenvalue weighted by molar-refractivity contribution is -0.128. The summed E-state index contributed by atoms with van der Waals surface area (Å²) in [6, 6.07) is 3.76. The van der Waals surface area contributed by atoms with Gasteiger partial charge in [-0.05, 0) is 24.5 Å². The van der Waals surface area contributed by atoms with Gasteiger partial charge in [0.05, 0.1) is 17.7 Å². The molecule has 2 atom stereocenters. The van der Waals surface area contributed by atoms with Crippen LogP contribution < -0.4 is 5.32 Å². The average molecular weight is 289 g/mol. The number of aryl methyl sites for hydroxylation is 1. The monoisotopic (exact) mass is 289 g/mol. The molecule has 1 aromatic rings. The van der Waals surface area contributed by atoms with E-state index in [-0.39, 0.29) is 29.7 Å². The van der Waals surface area contributed by atoms with Gasteiger partial charge < -0.3 is 10.2 Å². The third-order valence-corrected chi connectivity index (χ3v) is 4.02. The lowest BCUT2D eigenvalue weighted by Crippen LogP contribution is -2.37. The zero-order chi connectivity index (χ0) is 15.6. The van der Waals surface area contributed by atoms with Gasteiger partial charge in [0.2, 0.25) is 11.8 Å². The number of nitrogens with one attached hydrogen (secondary N) is 1. The second-order valence-electron chi connectivity index (χ2n) is 6.11. The Morgan fingerprint density at radius 1 is 1.48 bits per heavy atom. The normalized spacial score (nSPS) is 20.0. The van der Waals surface area contributed by atoms with Gasteiger partial charge in [-0.15, -0.1) is 0 Å². The van der Waals surface area contributed by atoms with Gasteiger partial charge in [-0.25, -0.2) is 0 Å². The largest absolute Gasteiger partial charge is 0.347 e. The molecule has 5 heteroatoms. The second kappa shape index (κ2) is 6.24. The van der Waals surface area contributed by atoms with E-state index in [9.17, 15) is 9.59 Å². The molecule has 5 nitrogen and oxygen atoms in total. The molecule has 1 saturated heterocycles. The summed E-state index contributed by atoms with van der Waals surface area (Å²) in [4.78, 5) is 30.0. The van der Waals surface area contributed by atoms with Crippen molar-refractivity contribution >= 4 is 11.8 Å². The number of hydrogen-bond donors (Lipinski definition) is 1. The van der Waals surface area contributed by atoms with Crippen molar-refractivity contribution < 1.29 is 9.59 Å².